The van der Waals surface area contributed by atoms with Gasteiger partial charge in [-0.15, -0.1) is 0 Å². The predicted molar refractivity (Wildman–Crippen MR) is 105 cm³/mol. The first kappa shape index (κ1) is 18.9. The van der Waals surface area contributed by atoms with Crippen LogP contribution < -0.4 is 10.3 Å². The van der Waals surface area contributed by atoms with Crippen LogP contribution in [0.5, 0.6) is 0 Å². The molecule has 1 amide bonds. The summed E-state index contributed by atoms with van der Waals surface area (Å²) in [5.74, 6) is -0.938. The molecule has 0 saturated carbocycles. The van der Waals surface area contributed by atoms with Crippen molar-refractivity contribution >= 4 is 17.9 Å². The van der Waals surface area contributed by atoms with E-state index in [1.165, 1.54) is 11.9 Å². The summed E-state index contributed by atoms with van der Waals surface area (Å²) in [6, 6.07) is 13.0. The maximum atomic E-state index is 14.5. The molecule has 138 valence electrons. The van der Waals surface area contributed by atoms with Gasteiger partial charge in [0.05, 0.1) is 5.56 Å². The number of hydrazine groups is 1. The molecule has 4 nitrogen and oxygen atoms in total. The average Bonchev–Trinajstić information content (AvgIpc) is 2.64. The second-order valence-corrected chi connectivity index (χ2v) is 7.83. The zero-order valence-electron chi connectivity index (χ0n) is 15.1. The minimum Gasteiger partial charge on any atom is -0.305 e. The minimum absolute atomic E-state index is 0.0534. The first-order valence-corrected chi connectivity index (χ1v) is 9.67. The summed E-state index contributed by atoms with van der Waals surface area (Å²) in [4.78, 5) is 17.6. The van der Waals surface area contributed by atoms with Gasteiger partial charge in [0.1, 0.15) is 5.82 Å². The van der Waals surface area contributed by atoms with E-state index < -0.39 is 11.7 Å². The number of carbonyl (C=O) groups is 1. The topological polar surface area (TPSA) is 44.4 Å². The van der Waals surface area contributed by atoms with Gasteiger partial charge in [-0.2, -0.15) is 4.83 Å². The van der Waals surface area contributed by atoms with E-state index in [0.717, 1.165) is 37.1 Å². The Bertz CT molecular complexity index is 769. The van der Waals surface area contributed by atoms with E-state index in [2.05, 4.69) is 22.2 Å². The molecule has 1 fully saturated rings. The third-order valence-corrected chi connectivity index (χ3v) is 5.52. The fraction of sp³-hybridized carbons (Fsp3) is 0.350. The maximum absolute atomic E-state index is 14.5. The van der Waals surface area contributed by atoms with Crippen molar-refractivity contribution in [3.8, 4) is 11.1 Å². The van der Waals surface area contributed by atoms with Gasteiger partial charge in [0, 0.05) is 11.8 Å². The average molecular weight is 373 g/mol. The number of aryl methyl sites for hydroxylation is 1. The van der Waals surface area contributed by atoms with Gasteiger partial charge in [-0.05, 0) is 62.2 Å². The van der Waals surface area contributed by atoms with Crippen LogP contribution in [0.15, 0.2) is 42.5 Å². The SMILES string of the molecule is Cc1cc(-c2ccccc2)cc(C(=O)NNSC2CCCN(C)C2)c1F. The van der Waals surface area contributed by atoms with Crippen LogP contribution >= 0.6 is 11.9 Å². The summed E-state index contributed by atoms with van der Waals surface area (Å²) >= 11 is 1.49. The number of carbonyl (C=O) groups excluding carboxylic acids is 1. The Morgan fingerprint density at radius 2 is 2.00 bits per heavy atom. The molecular weight excluding hydrogens is 349 g/mol. The zero-order chi connectivity index (χ0) is 18.5. The van der Waals surface area contributed by atoms with E-state index in [1.54, 1.807) is 19.1 Å². The lowest BCUT2D eigenvalue weighted by atomic mass is 9.99. The third-order valence-electron chi connectivity index (χ3n) is 4.58. The van der Waals surface area contributed by atoms with Gasteiger partial charge in [0.15, 0.2) is 0 Å². The van der Waals surface area contributed by atoms with Crippen LogP contribution in [0.4, 0.5) is 4.39 Å². The van der Waals surface area contributed by atoms with E-state index in [-0.39, 0.29) is 5.56 Å². The number of benzene rings is 2. The number of nitrogens with zero attached hydrogens (tertiary/aromatic N) is 1. The summed E-state index contributed by atoms with van der Waals surface area (Å²) in [5, 5.41) is 0.413. The fourth-order valence-corrected chi connectivity index (χ4v) is 4.11. The lowest BCUT2D eigenvalue weighted by Gasteiger charge is -2.28. The normalized spacial score (nSPS) is 17.9. The largest absolute Gasteiger partial charge is 0.305 e. The standard InChI is InChI=1S/C20H24FN3OS/c1-14-11-16(15-7-4-3-5-8-15)12-18(19(14)21)20(25)22-23-26-17-9-6-10-24(2)13-17/h3-5,7-8,11-12,17,23H,6,9-10,13H2,1-2H3,(H,22,25). The molecule has 0 radical (unpaired) electrons. The van der Waals surface area contributed by atoms with Crippen LogP contribution in [0.1, 0.15) is 28.8 Å². The van der Waals surface area contributed by atoms with Crippen molar-refractivity contribution in [2.75, 3.05) is 20.1 Å². The van der Waals surface area contributed by atoms with E-state index in [4.69, 9.17) is 0 Å². The Labute approximate surface area is 158 Å². The van der Waals surface area contributed by atoms with Crippen molar-refractivity contribution in [2.45, 2.75) is 25.0 Å². The number of piperidine rings is 1. The second kappa shape index (κ2) is 8.66. The first-order valence-electron chi connectivity index (χ1n) is 8.79. The Morgan fingerprint density at radius 1 is 1.23 bits per heavy atom. The quantitative estimate of drug-likeness (QED) is 0.618. The molecule has 6 heteroatoms. The highest BCUT2D eigenvalue weighted by atomic mass is 32.2. The number of nitrogens with one attached hydrogen (secondary N) is 2. The molecule has 1 aliphatic heterocycles. The van der Waals surface area contributed by atoms with Crippen molar-refractivity contribution in [1.82, 2.24) is 15.2 Å². The van der Waals surface area contributed by atoms with E-state index in [1.807, 2.05) is 30.3 Å². The molecule has 1 saturated heterocycles. The molecule has 2 N–H and O–H groups in total. The van der Waals surface area contributed by atoms with E-state index in [0.29, 0.717) is 10.8 Å². The first-order chi connectivity index (χ1) is 12.5. The van der Waals surface area contributed by atoms with Gasteiger partial charge in [0.2, 0.25) is 0 Å². The summed E-state index contributed by atoms with van der Waals surface area (Å²) < 4.78 is 14.5. The van der Waals surface area contributed by atoms with Gasteiger partial charge in [-0.1, -0.05) is 42.3 Å². The van der Waals surface area contributed by atoms with Crippen molar-refractivity contribution < 1.29 is 9.18 Å². The summed E-state index contributed by atoms with van der Waals surface area (Å²) in [5.41, 5.74) is 4.92. The highest BCUT2D eigenvalue weighted by molar-refractivity contribution is 7.98. The monoisotopic (exact) mass is 373 g/mol. The molecule has 1 atom stereocenters. The Morgan fingerprint density at radius 3 is 2.73 bits per heavy atom. The molecule has 3 rings (SSSR count). The molecule has 2 aromatic rings. The second-order valence-electron chi connectivity index (χ2n) is 6.72. The number of hydrogen-bond donors (Lipinski definition) is 2. The molecule has 0 aliphatic carbocycles. The van der Waals surface area contributed by atoms with Crippen molar-refractivity contribution in [3.05, 3.63) is 59.4 Å². The minimum atomic E-state index is -0.480. The molecule has 0 bridgehead atoms. The number of rotatable bonds is 5. The highest BCUT2D eigenvalue weighted by Gasteiger charge is 2.19. The molecule has 1 aliphatic rings. The van der Waals surface area contributed by atoms with Crippen LogP contribution in [-0.4, -0.2) is 36.2 Å². The highest BCUT2D eigenvalue weighted by Crippen LogP contribution is 2.25. The third kappa shape index (κ3) is 4.63. The van der Waals surface area contributed by atoms with Gasteiger partial charge in [-0.3, -0.25) is 10.2 Å². The molecule has 1 heterocycles. The molecule has 0 spiro atoms. The van der Waals surface area contributed by atoms with Crippen molar-refractivity contribution in [3.63, 3.8) is 0 Å². The van der Waals surface area contributed by atoms with Crippen LogP contribution in [0.3, 0.4) is 0 Å². The van der Waals surface area contributed by atoms with Gasteiger partial charge in [0.25, 0.3) is 5.91 Å². The van der Waals surface area contributed by atoms with Crippen LogP contribution in [0.2, 0.25) is 0 Å². The molecule has 0 aromatic heterocycles. The van der Waals surface area contributed by atoms with Crippen molar-refractivity contribution in [1.29, 1.82) is 0 Å². The zero-order valence-corrected chi connectivity index (χ0v) is 15.9. The lowest BCUT2D eigenvalue weighted by Crippen LogP contribution is -2.39. The van der Waals surface area contributed by atoms with Crippen LogP contribution in [0.25, 0.3) is 11.1 Å². The predicted octanol–water partition coefficient (Wildman–Crippen LogP) is 3.78. The maximum Gasteiger partial charge on any atom is 0.269 e. The number of halogens is 1. The number of hydrogen-bond acceptors (Lipinski definition) is 4. The smallest absolute Gasteiger partial charge is 0.269 e. The van der Waals surface area contributed by atoms with Gasteiger partial charge >= 0.3 is 0 Å². The number of amides is 1. The van der Waals surface area contributed by atoms with Crippen LogP contribution in [-0.2, 0) is 0 Å². The van der Waals surface area contributed by atoms with E-state index >= 15 is 0 Å². The molecule has 1 unspecified atom stereocenters. The summed E-state index contributed by atoms with van der Waals surface area (Å²) in [6.45, 7) is 3.77. The van der Waals surface area contributed by atoms with Crippen molar-refractivity contribution in [2.24, 2.45) is 0 Å². The van der Waals surface area contributed by atoms with E-state index in [9.17, 15) is 9.18 Å². The Kier molecular flexibility index (Phi) is 6.29. The lowest BCUT2D eigenvalue weighted by molar-refractivity contribution is 0.0942. The molecule has 26 heavy (non-hydrogen) atoms. The fourth-order valence-electron chi connectivity index (χ4n) is 3.17. The summed E-state index contributed by atoms with van der Waals surface area (Å²) in [7, 11) is 2.10. The van der Waals surface area contributed by atoms with Crippen LogP contribution in [0, 0.1) is 12.7 Å². The summed E-state index contributed by atoms with van der Waals surface area (Å²) in [6.07, 6.45) is 2.26. The molecule has 2 aromatic carbocycles. The van der Waals surface area contributed by atoms with Gasteiger partial charge in [-0.25, -0.2) is 4.39 Å². The number of likely N-dealkylation sites (tertiary alicyclic amines) is 1. The van der Waals surface area contributed by atoms with Gasteiger partial charge < -0.3 is 4.90 Å². The Hall–Kier alpha value is -1.89. The Balaban J connectivity index is 1.67. The molecular formula is C20H24FN3OS.